The zero-order valence-corrected chi connectivity index (χ0v) is 34.7. The number of likely N-dealkylation sites (N-methyl/N-ethyl adjacent to an activating group) is 2. The topological polar surface area (TPSA) is 113 Å². The van der Waals surface area contributed by atoms with E-state index in [2.05, 4.69) is 67.3 Å². The summed E-state index contributed by atoms with van der Waals surface area (Å²) < 4.78 is 5.58. The maximum Gasteiger partial charge on any atom is 0.267 e. The molecule has 11 nitrogen and oxygen atoms in total. The minimum absolute atomic E-state index is 0. The number of benzene rings is 2. The predicted molar refractivity (Wildman–Crippen MR) is 227 cm³/mol. The SMILES string of the molecule is CC.CC.CC.CCCc1c(NC(=O)C2NC3=C(CCNC3)N2C)cccc1-c1cccc(NC(=O)C2NC3=C(CCN(C4CCOCC4)C3)N2C)c1C.[HH].[HH]. The summed E-state index contributed by atoms with van der Waals surface area (Å²) in [6.07, 6.45) is 4.83. The molecule has 0 radical (unpaired) electrons. The van der Waals surface area contributed by atoms with Gasteiger partial charge in [0.1, 0.15) is 0 Å². The number of hydrogen-bond acceptors (Lipinski definition) is 9. The van der Waals surface area contributed by atoms with Gasteiger partial charge in [0.2, 0.25) is 0 Å². The largest absolute Gasteiger partial charge is 0.381 e. The van der Waals surface area contributed by atoms with E-state index < -0.39 is 12.3 Å². The van der Waals surface area contributed by atoms with E-state index in [-0.39, 0.29) is 14.7 Å². The Balaban J connectivity index is 0.00000129. The Hall–Kier alpha value is -4.06. The summed E-state index contributed by atoms with van der Waals surface area (Å²) in [5.74, 6) is -0.140. The van der Waals surface area contributed by atoms with E-state index >= 15 is 0 Å². The third kappa shape index (κ3) is 9.24. The van der Waals surface area contributed by atoms with Crippen molar-refractivity contribution in [2.75, 3.05) is 64.1 Å². The minimum Gasteiger partial charge on any atom is -0.381 e. The average molecular weight is 749 g/mol. The molecule has 5 N–H and O–H groups in total. The van der Waals surface area contributed by atoms with E-state index in [9.17, 15) is 9.59 Å². The summed E-state index contributed by atoms with van der Waals surface area (Å²) in [6.45, 7) is 21.4. The Labute approximate surface area is 328 Å². The average Bonchev–Trinajstić information content (AvgIpc) is 3.74. The van der Waals surface area contributed by atoms with Crippen LogP contribution in [0.3, 0.4) is 0 Å². The molecule has 7 rings (SSSR count). The van der Waals surface area contributed by atoms with E-state index in [4.69, 9.17) is 4.74 Å². The molecule has 1 fully saturated rings. The Kier molecular flexibility index (Phi) is 16.3. The lowest BCUT2D eigenvalue weighted by Crippen LogP contribution is -2.46. The standard InChI is InChI=1S/C37H50N8O3.3C2H6.2H2/c1-5-8-27-26(10-7-12-29(27)42-37(47)34-39-30-21-38-17-13-32(30)43(34)3)25-9-6-11-28(23(25)2)41-36(46)35-40-31-22-45(18-14-33(31)44(35)4)24-15-19-48-20-16-24;3*1-2;;/h6-7,9-12,24,34-35,38-40H,5,8,13-22H2,1-4H3,(H,41,46)(H,42,47);3*1-2H3;2*1H. The molecule has 0 aliphatic carbocycles. The summed E-state index contributed by atoms with van der Waals surface area (Å²) in [4.78, 5) is 34.2. The van der Waals surface area contributed by atoms with Gasteiger partial charge in [-0.25, -0.2) is 0 Å². The van der Waals surface area contributed by atoms with Crippen molar-refractivity contribution in [3.05, 3.63) is 70.3 Å². The molecule has 0 aromatic heterocycles. The second-order valence-corrected chi connectivity index (χ2v) is 13.7. The number of carbonyl (C=O) groups excluding carboxylic acids is 2. The van der Waals surface area contributed by atoms with E-state index in [1.165, 1.54) is 11.4 Å². The molecule has 2 aromatic carbocycles. The van der Waals surface area contributed by atoms with E-state index in [0.717, 1.165) is 123 Å². The zero-order chi connectivity index (χ0) is 39.4. The van der Waals surface area contributed by atoms with Crippen LogP contribution in [-0.2, 0) is 20.7 Å². The molecule has 0 spiro atoms. The maximum atomic E-state index is 13.8. The van der Waals surface area contributed by atoms with Gasteiger partial charge in [-0.15, -0.1) is 0 Å². The molecular weight excluding hydrogens is 677 g/mol. The van der Waals surface area contributed by atoms with Gasteiger partial charge in [-0.1, -0.05) is 79.2 Å². The molecule has 54 heavy (non-hydrogen) atoms. The number of nitrogens with zero attached hydrogens (tertiary/aromatic N) is 3. The smallest absolute Gasteiger partial charge is 0.267 e. The number of anilines is 2. The van der Waals surface area contributed by atoms with Gasteiger partial charge in [0.25, 0.3) is 11.8 Å². The van der Waals surface area contributed by atoms with Crippen LogP contribution in [-0.4, -0.2) is 98.4 Å². The lowest BCUT2D eigenvalue weighted by atomic mass is 9.91. The molecule has 0 bridgehead atoms. The molecule has 5 aliphatic heterocycles. The van der Waals surface area contributed by atoms with Crippen molar-refractivity contribution >= 4 is 23.2 Å². The van der Waals surface area contributed by atoms with Crippen LogP contribution in [0.1, 0.15) is 94.6 Å². The highest BCUT2D eigenvalue weighted by molar-refractivity contribution is 5.98. The summed E-state index contributed by atoms with van der Waals surface area (Å²) >= 11 is 0. The van der Waals surface area contributed by atoms with Crippen LogP contribution >= 0.6 is 0 Å². The van der Waals surface area contributed by atoms with Crippen LogP contribution in [0.15, 0.2) is 59.2 Å². The second-order valence-electron chi connectivity index (χ2n) is 13.7. The Morgan fingerprint density at radius 1 is 0.815 bits per heavy atom. The molecule has 2 atom stereocenters. The molecule has 5 aliphatic rings. The highest BCUT2D eigenvalue weighted by Gasteiger charge is 2.38. The zero-order valence-electron chi connectivity index (χ0n) is 34.7. The van der Waals surface area contributed by atoms with Gasteiger partial charge in [-0.3, -0.25) is 14.5 Å². The van der Waals surface area contributed by atoms with Crippen molar-refractivity contribution in [1.29, 1.82) is 0 Å². The molecule has 0 saturated carbocycles. The van der Waals surface area contributed by atoms with Crippen LogP contribution in [0.25, 0.3) is 11.1 Å². The number of rotatable bonds is 8. The summed E-state index contributed by atoms with van der Waals surface area (Å²) in [7, 11) is 4.01. The number of carbonyl (C=O) groups is 2. The van der Waals surface area contributed by atoms with Gasteiger partial charge in [-0.2, -0.15) is 0 Å². The highest BCUT2D eigenvalue weighted by Crippen LogP contribution is 2.36. The van der Waals surface area contributed by atoms with Crippen LogP contribution < -0.4 is 26.6 Å². The first kappa shape index (κ1) is 42.7. The lowest BCUT2D eigenvalue weighted by molar-refractivity contribution is -0.121. The van der Waals surface area contributed by atoms with E-state index in [1.54, 1.807) is 0 Å². The monoisotopic (exact) mass is 749 g/mol. The second kappa shape index (κ2) is 20.6. The minimum atomic E-state index is -0.458. The van der Waals surface area contributed by atoms with Gasteiger partial charge >= 0.3 is 0 Å². The van der Waals surface area contributed by atoms with Crippen LogP contribution in [0.5, 0.6) is 0 Å². The molecule has 11 heteroatoms. The Morgan fingerprint density at radius 3 is 2.02 bits per heavy atom. The summed E-state index contributed by atoms with van der Waals surface area (Å²) in [5, 5.41) is 16.9. The fourth-order valence-corrected chi connectivity index (χ4v) is 8.11. The van der Waals surface area contributed by atoms with Crippen LogP contribution in [0.2, 0.25) is 0 Å². The summed E-state index contributed by atoms with van der Waals surface area (Å²) in [6, 6.07) is 12.7. The molecule has 1 saturated heterocycles. The number of ether oxygens (including phenoxy) is 1. The van der Waals surface area contributed by atoms with Crippen molar-refractivity contribution in [2.45, 2.75) is 112 Å². The fraction of sp³-hybridized carbons (Fsp3) is 0.581. The van der Waals surface area contributed by atoms with Crippen molar-refractivity contribution in [3.63, 3.8) is 0 Å². The Morgan fingerprint density at radius 2 is 1.39 bits per heavy atom. The van der Waals surface area contributed by atoms with E-state index in [0.29, 0.717) is 6.04 Å². The fourth-order valence-electron chi connectivity index (χ4n) is 8.11. The summed E-state index contributed by atoms with van der Waals surface area (Å²) in [5.41, 5.74) is 10.5. The maximum absolute atomic E-state index is 13.8. The van der Waals surface area contributed by atoms with Crippen LogP contribution in [0.4, 0.5) is 11.4 Å². The van der Waals surface area contributed by atoms with Gasteiger partial charge in [0.15, 0.2) is 12.3 Å². The number of hydrogen-bond donors (Lipinski definition) is 5. The molecule has 302 valence electrons. The van der Waals surface area contributed by atoms with Crippen LogP contribution in [0, 0.1) is 6.92 Å². The number of nitrogens with one attached hydrogen (secondary N) is 5. The predicted octanol–water partition coefficient (Wildman–Crippen LogP) is 7.09. The normalized spacial score (nSPS) is 20.9. The first-order valence-corrected chi connectivity index (χ1v) is 20.6. The van der Waals surface area contributed by atoms with Crippen molar-refractivity contribution in [1.82, 2.24) is 30.7 Å². The van der Waals surface area contributed by atoms with Gasteiger partial charge in [-0.05, 0) is 60.6 Å². The molecular formula is C43H72N8O3. The van der Waals surface area contributed by atoms with Crippen molar-refractivity contribution in [3.8, 4) is 11.1 Å². The molecule has 5 heterocycles. The highest BCUT2D eigenvalue weighted by atomic mass is 16.5. The third-order valence-electron chi connectivity index (χ3n) is 10.8. The van der Waals surface area contributed by atoms with Gasteiger partial charge in [0, 0.05) is 109 Å². The first-order valence-electron chi connectivity index (χ1n) is 20.6. The lowest BCUT2D eigenvalue weighted by Gasteiger charge is -2.37. The van der Waals surface area contributed by atoms with E-state index in [1.807, 2.05) is 79.9 Å². The first-order chi connectivity index (χ1) is 26.3. The van der Waals surface area contributed by atoms with Crippen molar-refractivity contribution in [2.24, 2.45) is 0 Å². The molecule has 2 unspecified atom stereocenters. The van der Waals surface area contributed by atoms with Gasteiger partial charge < -0.3 is 41.1 Å². The molecule has 2 aromatic rings. The van der Waals surface area contributed by atoms with Crippen molar-refractivity contribution < 1.29 is 17.2 Å². The quantitative estimate of drug-likeness (QED) is 0.193. The molecule has 2 amide bonds. The number of amides is 2. The van der Waals surface area contributed by atoms with Gasteiger partial charge in [0.05, 0.1) is 0 Å². The Bertz CT molecular complexity index is 1640. The third-order valence-corrected chi connectivity index (χ3v) is 10.8.